The van der Waals surface area contributed by atoms with Crippen molar-refractivity contribution >= 4 is 11.9 Å². The Hall–Kier alpha value is -1.60. The molecule has 0 aliphatic carbocycles. The summed E-state index contributed by atoms with van der Waals surface area (Å²) in [5, 5.41) is 7.52. The van der Waals surface area contributed by atoms with Crippen LogP contribution in [0.1, 0.15) is 78.6 Å². The second-order valence-corrected chi connectivity index (χ2v) is 9.97. The highest BCUT2D eigenvalue weighted by atomic mass is 16.6. The molecule has 2 saturated heterocycles. The Morgan fingerprint density at radius 1 is 1.23 bits per heavy atom. The van der Waals surface area contributed by atoms with Gasteiger partial charge in [0.2, 0.25) is 5.72 Å². The van der Waals surface area contributed by atoms with Gasteiger partial charge in [0.15, 0.2) is 11.6 Å². The third-order valence-electron chi connectivity index (χ3n) is 7.89. The molecule has 0 saturated carbocycles. The second kappa shape index (κ2) is 8.07. The molecule has 7 atom stereocenters. The van der Waals surface area contributed by atoms with Crippen molar-refractivity contribution < 1.29 is 23.6 Å². The van der Waals surface area contributed by atoms with E-state index in [1.807, 2.05) is 6.92 Å². The molecule has 172 valence electrons. The maximum absolute atomic E-state index is 13.2. The van der Waals surface area contributed by atoms with E-state index in [4.69, 9.17) is 14.2 Å². The Kier molecular flexibility index (Phi) is 5.53. The molecular formula is C24H38N3O4+. The number of nitrogens with one attached hydrogen (secondary N) is 2. The first kappa shape index (κ1) is 21.3. The first-order chi connectivity index (χ1) is 15.0. The Morgan fingerprint density at radius 2 is 2.10 bits per heavy atom. The topological polar surface area (TPSA) is 71.8 Å². The second-order valence-electron chi connectivity index (χ2n) is 9.97. The van der Waals surface area contributed by atoms with Crippen LogP contribution in [0, 0.1) is 5.92 Å². The Bertz CT molecular complexity index is 783. The van der Waals surface area contributed by atoms with Crippen molar-refractivity contribution in [3.8, 4) is 0 Å². The molecule has 0 aromatic carbocycles. The van der Waals surface area contributed by atoms with Gasteiger partial charge in [0.1, 0.15) is 0 Å². The van der Waals surface area contributed by atoms with Crippen LogP contribution in [-0.4, -0.2) is 58.9 Å². The number of guanidine groups is 1. The average Bonchev–Trinajstić information content (AvgIpc) is 3.03. The van der Waals surface area contributed by atoms with E-state index in [-0.39, 0.29) is 35.9 Å². The van der Waals surface area contributed by atoms with Crippen LogP contribution in [-0.2, 0) is 19.0 Å². The van der Waals surface area contributed by atoms with E-state index < -0.39 is 5.72 Å². The maximum atomic E-state index is 13.2. The molecule has 0 unspecified atom stereocenters. The highest BCUT2D eigenvalue weighted by molar-refractivity contribution is 5.82. The number of ether oxygens (including phenoxy) is 3. The van der Waals surface area contributed by atoms with E-state index in [0.29, 0.717) is 12.6 Å². The molecule has 5 heterocycles. The number of carbonyl (C=O) groups excluding carboxylic acids is 1. The monoisotopic (exact) mass is 432 g/mol. The molecule has 5 aliphatic heterocycles. The van der Waals surface area contributed by atoms with E-state index >= 15 is 0 Å². The summed E-state index contributed by atoms with van der Waals surface area (Å²) in [5.41, 5.74) is -1.09. The van der Waals surface area contributed by atoms with Gasteiger partial charge in [-0.15, -0.1) is 0 Å². The summed E-state index contributed by atoms with van der Waals surface area (Å²) in [6, 6.07) is 0.459. The van der Waals surface area contributed by atoms with Crippen LogP contribution < -0.4 is 10.6 Å². The molecule has 0 radical (unpaired) electrons. The highest BCUT2D eigenvalue weighted by Gasteiger charge is 2.64. The van der Waals surface area contributed by atoms with Gasteiger partial charge in [0.05, 0.1) is 30.9 Å². The van der Waals surface area contributed by atoms with Gasteiger partial charge in [-0.2, -0.15) is 0 Å². The van der Waals surface area contributed by atoms with Crippen molar-refractivity contribution in [1.29, 1.82) is 0 Å². The van der Waals surface area contributed by atoms with E-state index in [0.717, 1.165) is 63.7 Å². The van der Waals surface area contributed by atoms with E-state index in [1.54, 1.807) is 0 Å². The smallest absolute Gasteiger partial charge is 0.350 e. The largest absolute Gasteiger partial charge is 0.465 e. The summed E-state index contributed by atoms with van der Waals surface area (Å²) in [7, 11) is 0. The summed E-state index contributed by atoms with van der Waals surface area (Å²) in [4.78, 5) is 13.2. The van der Waals surface area contributed by atoms with E-state index in [2.05, 4.69) is 41.2 Å². The van der Waals surface area contributed by atoms with Gasteiger partial charge >= 0.3 is 11.9 Å². The minimum Gasteiger partial charge on any atom is -0.465 e. The molecule has 2 fully saturated rings. The van der Waals surface area contributed by atoms with E-state index in [1.165, 1.54) is 0 Å². The summed E-state index contributed by atoms with van der Waals surface area (Å²) >= 11 is 0. The van der Waals surface area contributed by atoms with Gasteiger partial charge in [0.25, 0.3) is 0 Å². The predicted molar refractivity (Wildman–Crippen MR) is 116 cm³/mol. The highest BCUT2D eigenvalue weighted by Crippen LogP contribution is 2.45. The summed E-state index contributed by atoms with van der Waals surface area (Å²) in [5.74, 6) is 0.542. The number of allylic oxidation sites excluding steroid dienone is 1. The van der Waals surface area contributed by atoms with Crippen molar-refractivity contribution in [3.05, 3.63) is 12.2 Å². The normalized spacial score (nSPS) is 43.9. The molecule has 7 nitrogen and oxygen atoms in total. The lowest BCUT2D eigenvalue weighted by atomic mass is 9.80. The Morgan fingerprint density at radius 3 is 2.87 bits per heavy atom. The molecule has 7 heteroatoms. The molecule has 31 heavy (non-hydrogen) atoms. The van der Waals surface area contributed by atoms with Crippen LogP contribution >= 0.6 is 0 Å². The Labute approximate surface area is 185 Å². The minimum absolute atomic E-state index is 0.0984. The number of carbonyl (C=O) groups is 1. The number of rotatable bonds is 3. The molecule has 0 amide bonds. The summed E-state index contributed by atoms with van der Waals surface area (Å²) in [6.45, 7) is 6.57. The van der Waals surface area contributed by atoms with Gasteiger partial charge in [-0.05, 0) is 52.4 Å². The number of nitrogens with zero attached hydrogens (tertiary/aromatic N) is 1. The van der Waals surface area contributed by atoms with Gasteiger partial charge < -0.3 is 14.2 Å². The van der Waals surface area contributed by atoms with Crippen LogP contribution in [0.5, 0.6) is 0 Å². The van der Waals surface area contributed by atoms with Gasteiger partial charge in [0, 0.05) is 19.3 Å². The van der Waals surface area contributed by atoms with Crippen LogP contribution in [0.3, 0.4) is 0 Å². The van der Waals surface area contributed by atoms with Crippen LogP contribution in [0.2, 0.25) is 0 Å². The molecule has 0 aromatic heterocycles. The van der Waals surface area contributed by atoms with Gasteiger partial charge in [-0.3, -0.25) is 9.37 Å². The quantitative estimate of drug-likeness (QED) is 0.406. The zero-order chi connectivity index (χ0) is 21.6. The van der Waals surface area contributed by atoms with Crippen LogP contribution in [0.25, 0.3) is 0 Å². The SMILES string of the molecule is CCOC(=O)[C@H]1[C@H]2CC[C@H]3C[C@@]4(CCC=C[C@H](CC)O4)NC(=[N+]32)N[C@@]12CCC[C@@H](C)O2. The summed E-state index contributed by atoms with van der Waals surface area (Å²) < 4.78 is 21.3. The lowest BCUT2D eigenvalue weighted by molar-refractivity contribution is -0.609. The summed E-state index contributed by atoms with van der Waals surface area (Å²) in [6.07, 6.45) is 13.5. The molecule has 2 spiro atoms. The zero-order valence-corrected chi connectivity index (χ0v) is 19.2. The molecule has 0 bridgehead atoms. The molecule has 0 aromatic rings. The molecule has 2 N–H and O–H groups in total. The predicted octanol–water partition coefficient (Wildman–Crippen LogP) is 2.79. The average molecular weight is 433 g/mol. The molecule has 5 aliphatic rings. The van der Waals surface area contributed by atoms with Crippen molar-refractivity contribution in [2.24, 2.45) is 5.92 Å². The van der Waals surface area contributed by atoms with Crippen molar-refractivity contribution in [3.63, 3.8) is 0 Å². The fraction of sp³-hybridized carbons (Fsp3) is 0.833. The maximum Gasteiger partial charge on any atom is 0.350 e. The number of hydrogen-bond donors (Lipinski definition) is 2. The lowest BCUT2D eigenvalue weighted by Crippen LogP contribution is -2.76. The first-order valence-corrected chi connectivity index (χ1v) is 12.4. The fourth-order valence-corrected chi connectivity index (χ4v) is 6.63. The van der Waals surface area contributed by atoms with Gasteiger partial charge in [-0.25, -0.2) is 10.6 Å². The first-order valence-electron chi connectivity index (χ1n) is 12.4. The fourth-order valence-electron chi connectivity index (χ4n) is 6.63. The van der Waals surface area contributed by atoms with E-state index in [9.17, 15) is 4.79 Å². The van der Waals surface area contributed by atoms with Crippen molar-refractivity contribution in [1.82, 2.24) is 10.6 Å². The minimum atomic E-state index is -0.714. The molecular weight excluding hydrogens is 394 g/mol. The van der Waals surface area contributed by atoms with Crippen molar-refractivity contribution in [2.75, 3.05) is 6.61 Å². The third-order valence-corrected chi connectivity index (χ3v) is 7.89. The van der Waals surface area contributed by atoms with Crippen LogP contribution in [0.4, 0.5) is 0 Å². The van der Waals surface area contributed by atoms with Crippen LogP contribution in [0.15, 0.2) is 12.2 Å². The molecule has 5 rings (SSSR count). The van der Waals surface area contributed by atoms with Gasteiger partial charge in [-0.1, -0.05) is 19.1 Å². The third kappa shape index (κ3) is 3.58. The van der Waals surface area contributed by atoms with Crippen molar-refractivity contribution in [2.45, 2.75) is 114 Å². The Balaban J connectivity index is 1.52. The zero-order valence-electron chi connectivity index (χ0n) is 19.2. The number of esters is 1. The lowest BCUT2D eigenvalue weighted by Gasteiger charge is -2.50. The number of hydrogen-bond acceptors (Lipinski definition) is 6. The standard InChI is InChI=1S/C24H37N3O4/c1-4-18-10-6-7-13-23(31-18)15-17-11-12-19-20(21(28)29-5-2)24(14-8-9-16(3)30-24)26-22(25-23)27(17)19/h6,10,16-20H,4-5,7-9,11-15H2,1-3H3,(H,25,26)/p+1/t16-,17+,18+,19-,20-,23+,24-/m1/s1.